The van der Waals surface area contributed by atoms with E-state index in [4.69, 9.17) is 9.84 Å². The summed E-state index contributed by atoms with van der Waals surface area (Å²) < 4.78 is 5.19. The minimum Gasteiger partial charge on any atom is -0.492 e. The van der Waals surface area contributed by atoms with E-state index in [9.17, 15) is 4.79 Å². The van der Waals surface area contributed by atoms with Crippen molar-refractivity contribution < 1.29 is 14.6 Å². The van der Waals surface area contributed by atoms with Crippen molar-refractivity contribution in [2.75, 3.05) is 0 Å². The van der Waals surface area contributed by atoms with E-state index in [0.717, 1.165) is 0 Å². The standard InChI is InChI=1S/C8H12O3/c1-4(2)11-8-5(3)6(9)7(8)10/h4,7,10H,1-3H3. The Balaban J connectivity index is 2.67. The molecule has 1 aliphatic carbocycles. The van der Waals surface area contributed by atoms with Gasteiger partial charge >= 0.3 is 0 Å². The van der Waals surface area contributed by atoms with Gasteiger partial charge in [-0.3, -0.25) is 4.79 Å². The molecule has 0 bridgehead atoms. The molecule has 0 aliphatic heterocycles. The van der Waals surface area contributed by atoms with Gasteiger partial charge in [0.1, 0.15) is 5.76 Å². The maximum Gasteiger partial charge on any atom is 0.198 e. The van der Waals surface area contributed by atoms with Crippen LogP contribution in [-0.2, 0) is 9.53 Å². The fourth-order valence-corrected chi connectivity index (χ4v) is 0.980. The number of ether oxygens (including phenoxy) is 1. The van der Waals surface area contributed by atoms with Crippen molar-refractivity contribution in [2.24, 2.45) is 0 Å². The smallest absolute Gasteiger partial charge is 0.198 e. The summed E-state index contributed by atoms with van der Waals surface area (Å²) in [5.74, 6) is 0.214. The Morgan fingerprint density at radius 3 is 2.45 bits per heavy atom. The van der Waals surface area contributed by atoms with Gasteiger partial charge in [0.25, 0.3) is 0 Å². The van der Waals surface area contributed by atoms with Gasteiger partial charge in [-0.15, -0.1) is 0 Å². The summed E-state index contributed by atoms with van der Waals surface area (Å²) >= 11 is 0. The summed E-state index contributed by atoms with van der Waals surface area (Å²) in [6, 6.07) is 0. The second kappa shape index (κ2) is 2.66. The first-order valence-electron chi connectivity index (χ1n) is 3.63. The van der Waals surface area contributed by atoms with Crippen LogP contribution in [0.3, 0.4) is 0 Å². The summed E-state index contributed by atoms with van der Waals surface area (Å²) in [5.41, 5.74) is 0.547. The Morgan fingerprint density at radius 1 is 1.55 bits per heavy atom. The molecule has 3 nitrogen and oxygen atoms in total. The maximum absolute atomic E-state index is 10.8. The normalized spacial score (nSPS) is 24.1. The third-order valence-electron chi connectivity index (χ3n) is 1.60. The van der Waals surface area contributed by atoms with Crippen LogP contribution in [0.5, 0.6) is 0 Å². The van der Waals surface area contributed by atoms with Crippen molar-refractivity contribution in [1.29, 1.82) is 0 Å². The lowest BCUT2D eigenvalue weighted by atomic mass is 9.92. The van der Waals surface area contributed by atoms with E-state index in [-0.39, 0.29) is 11.9 Å². The molecule has 62 valence electrons. The Labute approximate surface area is 65.7 Å². The van der Waals surface area contributed by atoms with Crippen LogP contribution in [-0.4, -0.2) is 23.1 Å². The van der Waals surface area contributed by atoms with Crippen LogP contribution in [0.2, 0.25) is 0 Å². The van der Waals surface area contributed by atoms with Crippen molar-refractivity contribution in [3.8, 4) is 0 Å². The van der Waals surface area contributed by atoms with Crippen LogP contribution < -0.4 is 0 Å². The second-order valence-corrected chi connectivity index (χ2v) is 2.92. The van der Waals surface area contributed by atoms with Gasteiger partial charge in [-0.05, 0) is 20.8 Å². The van der Waals surface area contributed by atoms with Crippen molar-refractivity contribution >= 4 is 5.78 Å². The van der Waals surface area contributed by atoms with Crippen molar-refractivity contribution in [2.45, 2.75) is 33.0 Å². The highest BCUT2D eigenvalue weighted by Gasteiger charge is 2.36. The lowest BCUT2D eigenvalue weighted by Gasteiger charge is -2.27. The number of ketones is 1. The van der Waals surface area contributed by atoms with Gasteiger partial charge in [0.15, 0.2) is 11.9 Å². The van der Waals surface area contributed by atoms with E-state index in [1.165, 1.54) is 0 Å². The van der Waals surface area contributed by atoms with Crippen LogP contribution in [0.15, 0.2) is 11.3 Å². The van der Waals surface area contributed by atoms with Crippen LogP contribution in [0.1, 0.15) is 20.8 Å². The quantitative estimate of drug-likeness (QED) is 0.637. The van der Waals surface area contributed by atoms with E-state index < -0.39 is 6.10 Å². The van der Waals surface area contributed by atoms with Crippen molar-refractivity contribution in [3.05, 3.63) is 11.3 Å². The lowest BCUT2D eigenvalue weighted by molar-refractivity contribution is -0.128. The predicted octanol–water partition coefficient (Wildman–Crippen LogP) is 0.629. The molecule has 11 heavy (non-hydrogen) atoms. The van der Waals surface area contributed by atoms with Gasteiger partial charge in [-0.25, -0.2) is 0 Å². The molecule has 0 heterocycles. The Kier molecular flexibility index (Phi) is 2.00. The molecule has 0 saturated heterocycles. The molecule has 1 N–H and O–H groups in total. The number of carbonyl (C=O) groups is 1. The Morgan fingerprint density at radius 2 is 2.09 bits per heavy atom. The summed E-state index contributed by atoms with van der Waals surface area (Å²) in [5, 5.41) is 9.06. The van der Waals surface area contributed by atoms with E-state index in [1.54, 1.807) is 6.92 Å². The van der Waals surface area contributed by atoms with Crippen LogP contribution in [0.25, 0.3) is 0 Å². The fourth-order valence-electron chi connectivity index (χ4n) is 0.980. The summed E-state index contributed by atoms with van der Waals surface area (Å²) in [6.07, 6.45) is -0.986. The topological polar surface area (TPSA) is 46.5 Å². The molecule has 1 unspecified atom stereocenters. The number of hydrogen-bond donors (Lipinski definition) is 1. The SMILES string of the molecule is CC1=C(OC(C)C)C(O)C1=O. The third-order valence-corrected chi connectivity index (χ3v) is 1.60. The highest BCUT2D eigenvalue weighted by atomic mass is 16.5. The van der Waals surface area contributed by atoms with E-state index in [0.29, 0.717) is 11.3 Å². The average Bonchev–Trinajstić information content (AvgIpc) is 1.98. The van der Waals surface area contributed by atoms with Crippen LogP contribution >= 0.6 is 0 Å². The number of carbonyl (C=O) groups excluding carboxylic acids is 1. The molecule has 0 saturated carbocycles. The van der Waals surface area contributed by atoms with Crippen LogP contribution in [0.4, 0.5) is 0 Å². The first-order valence-corrected chi connectivity index (χ1v) is 3.63. The molecule has 0 fully saturated rings. The molecule has 0 amide bonds. The van der Waals surface area contributed by atoms with Crippen LogP contribution in [0, 0.1) is 0 Å². The van der Waals surface area contributed by atoms with Gasteiger partial charge in [-0.1, -0.05) is 0 Å². The predicted molar refractivity (Wildman–Crippen MR) is 39.9 cm³/mol. The summed E-state index contributed by atoms with van der Waals surface area (Å²) in [4.78, 5) is 10.8. The minimum absolute atomic E-state index is 0.0164. The second-order valence-electron chi connectivity index (χ2n) is 2.92. The molecule has 1 aliphatic rings. The molecule has 0 aromatic rings. The molecule has 1 atom stereocenters. The molecule has 0 radical (unpaired) electrons. The first-order chi connectivity index (χ1) is 5.04. The molecule has 1 rings (SSSR count). The number of aliphatic hydroxyl groups is 1. The average molecular weight is 156 g/mol. The van der Waals surface area contributed by atoms with Gasteiger partial charge in [0.2, 0.25) is 0 Å². The molecule has 0 spiro atoms. The molecule has 3 heteroatoms. The van der Waals surface area contributed by atoms with Gasteiger partial charge in [0, 0.05) is 5.57 Å². The van der Waals surface area contributed by atoms with Crippen molar-refractivity contribution in [1.82, 2.24) is 0 Å². The fraction of sp³-hybridized carbons (Fsp3) is 0.625. The zero-order valence-electron chi connectivity index (χ0n) is 6.92. The molecular formula is C8H12O3. The van der Waals surface area contributed by atoms with Gasteiger partial charge in [0.05, 0.1) is 6.10 Å². The summed E-state index contributed by atoms with van der Waals surface area (Å²) in [6.45, 7) is 5.37. The van der Waals surface area contributed by atoms with E-state index in [1.807, 2.05) is 13.8 Å². The zero-order valence-corrected chi connectivity index (χ0v) is 6.92. The van der Waals surface area contributed by atoms with E-state index >= 15 is 0 Å². The minimum atomic E-state index is -1.00. The lowest BCUT2D eigenvalue weighted by Crippen LogP contribution is -2.37. The first kappa shape index (κ1) is 8.27. The Hall–Kier alpha value is -0.830. The zero-order chi connectivity index (χ0) is 8.59. The third kappa shape index (κ3) is 1.28. The monoisotopic (exact) mass is 156 g/mol. The highest BCUT2D eigenvalue weighted by Crippen LogP contribution is 2.26. The number of Topliss-reactive ketones (excluding diaryl/α,β-unsaturated/α-hetero) is 1. The van der Waals surface area contributed by atoms with Crippen molar-refractivity contribution in [3.63, 3.8) is 0 Å². The van der Waals surface area contributed by atoms with Gasteiger partial charge in [-0.2, -0.15) is 0 Å². The molecular weight excluding hydrogens is 144 g/mol. The Bertz CT molecular complexity index is 215. The number of rotatable bonds is 2. The maximum atomic E-state index is 10.8. The molecule has 0 aromatic heterocycles. The summed E-state index contributed by atoms with van der Waals surface area (Å²) in [7, 11) is 0. The number of hydrogen-bond acceptors (Lipinski definition) is 3. The molecule has 0 aromatic carbocycles. The number of aliphatic hydroxyl groups excluding tert-OH is 1. The highest BCUT2D eigenvalue weighted by molar-refractivity contribution is 6.07. The largest absolute Gasteiger partial charge is 0.492 e. The van der Waals surface area contributed by atoms with E-state index in [2.05, 4.69) is 0 Å². The van der Waals surface area contributed by atoms with Gasteiger partial charge < -0.3 is 9.84 Å².